The van der Waals surface area contributed by atoms with Gasteiger partial charge in [0.25, 0.3) is 5.91 Å². The van der Waals surface area contributed by atoms with Crippen molar-refractivity contribution in [3.63, 3.8) is 0 Å². The van der Waals surface area contributed by atoms with E-state index < -0.39 is 5.97 Å². The van der Waals surface area contributed by atoms with Crippen molar-refractivity contribution in [3.8, 4) is 17.2 Å². The highest BCUT2D eigenvalue weighted by Crippen LogP contribution is 2.29. The summed E-state index contributed by atoms with van der Waals surface area (Å²) in [6.45, 7) is 6.78. The average Bonchev–Trinajstić information content (AvgIpc) is 2.89. The van der Waals surface area contributed by atoms with Gasteiger partial charge in [0.05, 0.1) is 13.7 Å². The summed E-state index contributed by atoms with van der Waals surface area (Å²) in [6.07, 6.45) is 7.53. The third-order valence-electron chi connectivity index (χ3n) is 5.82. The molecule has 1 amide bonds. The molecule has 6 nitrogen and oxygen atoms in total. The fourth-order valence-corrected chi connectivity index (χ4v) is 3.76. The first-order valence-electron chi connectivity index (χ1n) is 12.6. The molecule has 0 heterocycles. The summed E-state index contributed by atoms with van der Waals surface area (Å²) in [6, 6.07) is 17.8. The minimum atomic E-state index is -0.525. The second-order valence-corrected chi connectivity index (χ2v) is 8.87. The molecular formula is C31H35NO5. The van der Waals surface area contributed by atoms with Crippen molar-refractivity contribution < 1.29 is 23.8 Å². The van der Waals surface area contributed by atoms with Gasteiger partial charge < -0.3 is 19.5 Å². The molecule has 0 aromatic heterocycles. The van der Waals surface area contributed by atoms with Crippen molar-refractivity contribution in [2.45, 2.75) is 46.5 Å². The maximum atomic E-state index is 12.6. The van der Waals surface area contributed by atoms with Gasteiger partial charge in [-0.25, -0.2) is 4.79 Å². The largest absolute Gasteiger partial charge is 0.493 e. The molecule has 0 spiro atoms. The summed E-state index contributed by atoms with van der Waals surface area (Å²) in [5.41, 5.74) is 4.14. The van der Waals surface area contributed by atoms with Crippen molar-refractivity contribution >= 4 is 23.6 Å². The van der Waals surface area contributed by atoms with E-state index >= 15 is 0 Å². The molecular weight excluding hydrogens is 466 g/mol. The van der Waals surface area contributed by atoms with Crippen molar-refractivity contribution in [1.82, 2.24) is 0 Å². The Labute approximate surface area is 219 Å². The molecule has 0 saturated carbocycles. The summed E-state index contributed by atoms with van der Waals surface area (Å²) >= 11 is 0. The maximum absolute atomic E-state index is 12.6. The Balaban J connectivity index is 1.54. The second-order valence-electron chi connectivity index (χ2n) is 8.87. The number of amides is 1. The van der Waals surface area contributed by atoms with Gasteiger partial charge in [-0.2, -0.15) is 0 Å². The summed E-state index contributed by atoms with van der Waals surface area (Å²) in [5.74, 6) is 0.887. The van der Waals surface area contributed by atoms with Crippen LogP contribution < -0.4 is 19.5 Å². The zero-order valence-electron chi connectivity index (χ0n) is 22.0. The van der Waals surface area contributed by atoms with Crippen molar-refractivity contribution in [2.75, 3.05) is 19.0 Å². The number of rotatable bonds is 12. The highest BCUT2D eigenvalue weighted by Gasteiger charge is 2.10. The Morgan fingerprint density at radius 2 is 1.68 bits per heavy atom. The number of aryl methyl sites for hydroxylation is 2. The van der Waals surface area contributed by atoms with Crippen molar-refractivity contribution in [3.05, 3.63) is 89.0 Å². The lowest BCUT2D eigenvalue weighted by molar-refractivity contribution is -0.128. The SMILES string of the molecule is CCCCCCOc1ccc(/C=C/C(=O)Oc2ccc(C(=O)Nc3ccc(C)cc3C)cc2)cc1OC. The predicted molar refractivity (Wildman–Crippen MR) is 148 cm³/mol. The van der Waals surface area contributed by atoms with Crippen LogP contribution in [0.1, 0.15) is 59.7 Å². The Morgan fingerprint density at radius 1 is 0.892 bits per heavy atom. The lowest BCUT2D eigenvalue weighted by atomic mass is 10.1. The highest BCUT2D eigenvalue weighted by atomic mass is 16.5. The van der Waals surface area contributed by atoms with Crippen LogP contribution >= 0.6 is 0 Å². The molecule has 0 aliphatic carbocycles. The number of hydrogen-bond acceptors (Lipinski definition) is 5. The normalized spacial score (nSPS) is 10.8. The quantitative estimate of drug-likeness (QED) is 0.124. The Kier molecular flexibility index (Phi) is 10.3. The van der Waals surface area contributed by atoms with Crippen LogP contribution in [-0.2, 0) is 4.79 Å². The summed E-state index contributed by atoms with van der Waals surface area (Å²) in [4.78, 5) is 24.9. The molecule has 0 bridgehead atoms. The van der Waals surface area contributed by atoms with Gasteiger partial charge in [0.2, 0.25) is 0 Å². The zero-order chi connectivity index (χ0) is 26.6. The van der Waals surface area contributed by atoms with Gasteiger partial charge in [0, 0.05) is 17.3 Å². The van der Waals surface area contributed by atoms with Crippen molar-refractivity contribution in [2.24, 2.45) is 0 Å². The van der Waals surface area contributed by atoms with Gasteiger partial charge in [-0.05, 0) is 79.9 Å². The molecule has 6 heteroatoms. The highest BCUT2D eigenvalue weighted by molar-refractivity contribution is 6.04. The molecule has 37 heavy (non-hydrogen) atoms. The molecule has 194 valence electrons. The monoisotopic (exact) mass is 501 g/mol. The zero-order valence-corrected chi connectivity index (χ0v) is 22.0. The van der Waals surface area contributed by atoms with E-state index in [1.807, 2.05) is 50.2 Å². The maximum Gasteiger partial charge on any atom is 0.336 e. The van der Waals surface area contributed by atoms with Gasteiger partial charge in [-0.1, -0.05) is 49.9 Å². The first-order valence-corrected chi connectivity index (χ1v) is 12.6. The lowest BCUT2D eigenvalue weighted by Gasteiger charge is -2.11. The standard InChI is InChI=1S/C31H35NO5/c1-5-6-7-8-19-36-28-17-10-24(21-29(28)35-4)11-18-30(33)37-26-14-12-25(13-15-26)31(34)32-27-16-9-22(2)20-23(27)3/h9-18,20-21H,5-8,19H2,1-4H3,(H,32,34)/b18-11+. The minimum Gasteiger partial charge on any atom is -0.493 e. The molecule has 0 fully saturated rings. The number of hydrogen-bond donors (Lipinski definition) is 1. The van der Waals surface area contributed by atoms with E-state index in [0.29, 0.717) is 29.4 Å². The molecule has 3 aromatic rings. The predicted octanol–water partition coefficient (Wildman–Crippen LogP) is 7.14. The smallest absolute Gasteiger partial charge is 0.336 e. The first-order chi connectivity index (χ1) is 17.9. The van der Waals surface area contributed by atoms with Crippen LogP contribution in [0.25, 0.3) is 6.08 Å². The van der Waals surface area contributed by atoms with Gasteiger partial charge >= 0.3 is 5.97 Å². The first kappa shape index (κ1) is 27.5. The fraction of sp³-hybridized carbons (Fsp3) is 0.290. The number of anilines is 1. The number of carbonyl (C=O) groups excluding carboxylic acids is 2. The number of unbranched alkanes of at least 4 members (excludes halogenated alkanes) is 3. The molecule has 0 aliphatic heterocycles. The Morgan fingerprint density at radius 3 is 2.38 bits per heavy atom. The van der Waals surface area contributed by atoms with Crippen LogP contribution in [0.15, 0.2) is 66.7 Å². The number of benzene rings is 3. The molecule has 0 saturated heterocycles. The van der Waals surface area contributed by atoms with Crippen LogP contribution in [0, 0.1) is 13.8 Å². The summed E-state index contributed by atoms with van der Waals surface area (Å²) in [5, 5.41) is 2.91. The van der Waals surface area contributed by atoms with E-state index in [1.165, 1.54) is 18.9 Å². The molecule has 0 radical (unpaired) electrons. The Hall–Kier alpha value is -4.06. The molecule has 0 aliphatic rings. The van der Waals surface area contributed by atoms with Gasteiger partial charge in [-0.15, -0.1) is 0 Å². The summed E-state index contributed by atoms with van der Waals surface area (Å²) in [7, 11) is 1.59. The second kappa shape index (κ2) is 13.9. The van der Waals surface area contributed by atoms with E-state index in [9.17, 15) is 9.59 Å². The number of methoxy groups -OCH3 is 1. The number of nitrogens with one attached hydrogen (secondary N) is 1. The van der Waals surface area contributed by atoms with Crippen LogP contribution in [0.2, 0.25) is 0 Å². The van der Waals surface area contributed by atoms with Crippen LogP contribution in [0.5, 0.6) is 17.2 Å². The third-order valence-corrected chi connectivity index (χ3v) is 5.82. The molecule has 3 rings (SSSR count). The van der Waals surface area contributed by atoms with Gasteiger partial charge in [0.1, 0.15) is 5.75 Å². The lowest BCUT2D eigenvalue weighted by Crippen LogP contribution is -2.13. The van der Waals surface area contributed by atoms with E-state index in [0.717, 1.165) is 35.2 Å². The molecule has 0 atom stereocenters. The average molecular weight is 502 g/mol. The molecule has 0 unspecified atom stereocenters. The number of esters is 1. The van der Waals surface area contributed by atoms with E-state index in [4.69, 9.17) is 14.2 Å². The van der Waals surface area contributed by atoms with Crippen LogP contribution in [0.3, 0.4) is 0 Å². The summed E-state index contributed by atoms with van der Waals surface area (Å²) < 4.78 is 16.6. The minimum absolute atomic E-state index is 0.230. The molecule has 3 aromatic carbocycles. The van der Waals surface area contributed by atoms with E-state index in [2.05, 4.69) is 12.2 Å². The number of ether oxygens (including phenoxy) is 3. The van der Waals surface area contributed by atoms with E-state index in [1.54, 1.807) is 37.5 Å². The fourth-order valence-electron chi connectivity index (χ4n) is 3.76. The van der Waals surface area contributed by atoms with E-state index in [-0.39, 0.29) is 5.91 Å². The molecule has 1 N–H and O–H groups in total. The van der Waals surface area contributed by atoms with Gasteiger partial charge in [-0.3, -0.25) is 4.79 Å². The topological polar surface area (TPSA) is 73.9 Å². The number of carbonyl (C=O) groups is 2. The Bertz CT molecular complexity index is 1230. The third kappa shape index (κ3) is 8.53. The van der Waals surface area contributed by atoms with Crippen molar-refractivity contribution in [1.29, 1.82) is 0 Å². The van der Waals surface area contributed by atoms with Crippen LogP contribution in [0.4, 0.5) is 5.69 Å². The van der Waals surface area contributed by atoms with Gasteiger partial charge in [0.15, 0.2) is 11.5 Å². The van der Waals surface area contributed by atoms with Crippen LogP contribution in [-0.4, -0.2) is 25.6 Å².